The molecule has 0 spiro atoms. The monoisotopic (exact) mass is 369 g/mol. The summed E-state index contributed by atoms with van der Waals surface area (Å²) in [5.74, 6) is -3.04. The van der Waals surface area contributed by atoms with Gasteiger partial charge in [-0.15, -0.1) is 0 Å². The molecule has 0 fully saturated rings. The van der Waals surface area contributed by atoms with Gasteiger partial charge < -0.3 is 9.64 Å². The Kier molecular flexibility index (Phi) is 5.73. The second-order valence-corrected chi connectivity index (χ2v) is 7.38. The van der Waals surface area contributed by atoms with Gasteiger partial charge >= 0.3 is 5.76 Å². The van der Waals surface area contributed by atoms with Crippen molar-refractivity contribution in [1.82, 2.24) is 4.90 Å². The van der Waals surface area contributed by atoms with E-state index in [1.165, 1.54) is 17.0 Å². The van der Waals surface area contributed by atoms with Crippen LogP contribution in [0.1, 0.15) is 15.9 Å². The topological polar surface area (TPSA) is 63.7 Å². The predicted molar refractivity (Wildman–Crippen MR) is 88.4 cm³/mol. The van der Waals surface area contributed by atoms with Crippen LogP contribution in [0.15, 0.2) is 53.4 Å². The molecule has 0 aliphatic carbocycles. The number of carbonyl (C=O) groups excluding carboxylic acids is 1. The minimum Gasteiger partial charge on any atom is -0.489 e. The summed E-state index contributed by atoms with van der Waals surface area (Å²) < 4.78 is 53.2. The summed E-state index contributed by atoms with van der Waals surface area (Å²) in [6, 6.07) is 11.6. The number of hydrogen-bond donors (Lipinski definition) is 0. The van der Waals surface area contributed by atoms with Crippen molar-refractivity contribution in [3.63, 3.8) is 0 Å². The van der Waals surface area contributed by atoms with Crippen LogP contribution in [0.25, 0.3) is 0 Å². The van der Waals surface area contributed by atoms with E-state index in [1.54, 1.807) is 38.4 Å². The largest absolute Gasteiger partial charge is 0.489 e. The lowest BCUT2D eigenvalue weighted by molar-refractivity contribution is 0.0827. The number of halogens is 2. The van der Waals surface area contributed by atoms with Crippen molar-refractivity contribution >= 4 is 15.7 Å². The van der Waals surface area contributed by atoms with E-state index in [0.717, 1.165) is 12.1 Å². The van der Waals surface area contributed by atoms with Crippen LogP contribution in [0.3, 0.4) is 0 Å². The molecule has 0 radical (unpaired) electrons. The van der Waals surface area contributed by atoms with Crippen molar-refractivity contribution in [3.8, 4) is 5.75 Å². The normalized spacial score (nSPS) is 11.4. The molecule has 25 heavy (non-hydrogen) atoms. The third-order valence-electron chi connectivity index (χ3n) is 3.40. The number of hydrogen-bond acceptors (Lipinski definition) is 4. The van der Waals surface area contributed by atoms with Crippen molar-refractivity contribution in [2.24, 2.45) is 0 Å². The molecule has 1 amide bonds. The molecule has 0 bridgehead atoms. The van der Waals surface area contributed by atoms with Gasteiger partial charge in [-0.1, -0.05) is 12.1 Å². The molecule has 0 saturated heterocycles. The van der Waals surface area contributed by atoms with Crippen molar-refractivity contribution in [1.29, 1.82) is 0 Å². The van der Waals surface area contributed by atoms with E-state index in [9.17, 15) is 22.0 Å². The standard InChI is InChI=1S/C17H17F2NO4S/c1-20(2)16(21)13-5-7-14(8-6-13)24-11-12-3-9-15(10-4-12)25(22,23)17(18)19/h3-10,17H,11H2,1-2H3. The highest BCUT2D eigenvalue weighted by molar-refractivity contribution is 7.91. The maximum atomic E-state index is 12.5. The predicted octanol–water partition coefficient (Wildman–Crippen LogP) is 2.96. The average molecular weight is 369 g/mol. The zero-order chi connectivity index (χ0) is 18.6. The molecule has 134 valence electrons. The number of nitrogens with zero attached hydrogens (tertiary/aromatic N) is 1. The molecule has 0 unspecified atom stereocenters. The molecule has 0 heterocycles. The zero-order valence-corrected chi connectivity index (χ0v) is 14.5. The Balaban J connectivity index is 2.01. The number of benzene rings is 2. The lowest BCUT2D eigenvalue weighted by atomic mass is 10.2. The van der Waals surface area contributed by atoms with Crippen LogP contribution in [0, 0.1) is 0 Å². The van der Waals surface area contributed by atoms with E-state index < -0.39 is 20.5 Å². The maximum absolute atomic E-state index is 12.5. The van der Waals surface area contributed by atoms with Crippen LogP contribution in [0.5, 0.6) is 5.75 Å². The first-order valence-electron chi connectivity index (χ1n) is 7.27. The minimum absolute atomic E-state index is 0.123. The van der Waals surface area contributed by atoms with Gasteiger partial charge in [0, 0.05) is 19.7 Å². The van der Waals surface area contributed by atoms with Gasteiger partial charge in [0.1, 0.15) is 12.4 Å². The number of sulfone groups is 1. The highest BCUT2D eigenvalue weighted by Crippen LogP contribution is 2.20. The van der Waals surface area contributed by atoms with E-state index in [4.69, 9.17) is 4.74 Å². The van der Waals surface area contributed by atoms with Gasteiger partial charge in [-0.2, -0.15) is 8.78 Å². The van der Waals surface area contributed by atoms with E-state index in [1.807, 2.05) is 0 Å². The van der Waals surface area contributed by atoms with Gasteiger partial charge in [-0.25, -0.2) is 8.42 Å². The van der Waals surface area contributed by atoms with E-state index >= 15 is 0 Å². The van der Waals surface area contributed by atoms with Crippen molar-refractivity contribution in [3.05, 3.63) is 59.7 Å². The molecule has 0 atom stereocenters. The van der Waals surface area contributed by atoms with Crippen LogP contribution < -0.4 is 4.74 Å². The quantitative estimate of drug-likeness (QED) is 0.785. The first-order valence-corrected chi connectivity index (χ1v) is 8.82. The number of alkyl halides is 2. The SMILES string of the molecule is CN(C)C(=O)c1ccc(OCc2ccc(S(=O)(=O)C(F)F)cc2)cc1. The summed E-state index contributed by atoms with van der Waals surface area (Å²) in [4.78, 5) is 12.8. The van der Waals surface area contributed by atoms with Gasteiger partial charge in [0.25, 0.3) is 5.91 Å². The lowest BCUT2D eigenvalue weighted by Gasteiger charge is -2.11. The fourth-order valence-corrected chi connectivity index (χ4v) is 2.72. The van der Waals surface area contributed by atoms with Crippen LogP contribution in [-0.4, -0.2) is 39.1 Å². The third kappa shape index (κ3) is 4.54. The van der Waals surface area contributed by atoms with Crippen LogP contribution in [-0.2, 0) is 16.4 Å². The van der Waals surface area contributed by atoms with Crippen molar-refractivity contribution < 1.29 is 26.7 Å². The minimum atomic E-state index is -4.59. The number of carbonyl (C=O) groups is 1. The van der Waals surface area contributed by atoms with Gasteiger partial charge in [0.15, 0.2) is 0 Å². The fourth-order valence-electron chi connectivity index (χ4n) is 2.00. The van der Waals surface area contributed by atoms with Gasteiger partial charge in [-0.05, 0) is 42.0 Å². The highest BCUT2D eigenvalue weighted by Gasteiger charge is 2.26. The molecule has 0 aliphatic heterocycles. The molecule has 0 aromatic heterocycles. The molecule has 0 aliphatic rings. The van der Waals surface area contributed by atoms with Gasteiger partial charge in [-0.3, -0.25) is 4.79 Å². The van der Waals surface area contributed by atoms with E-state index in [0.29, 0.717) is 16.9 Å². The zero-order valence-electron chi connectivity index (χ0n) is 13.6. The fraction of sp³-hybridized carbons (Fsp3) is 0.235. The molecular weight excluding hydrogens is 352 g/mol. The van der Waals surface area contributed by atoms with Crippen LogP contribution >= 0.6 is 0 Å². The summed E-state index contributed by atoms with van der Waals surface area (Å²) in [7, 11) is -1.28. The Hall–Kier alpha value is -2.48. The van der Waals surface area contributed by atoms with Gasteiger partial charge in [0.05, 0.1) is 4.90 Å². The molecule has 2 aromatic rings. The first kappa shape index (κ1) is 18.9. The summed E-state index contributed by atoms with van der Waals surface area (Å²) in [6.45, 7) is 0.135. The molecule has 5 nitrogen and oxygen atoms in total. The summed E-state index contributed by atoms with van der Waals surface area (Å²) >= 11 is 0. The van der Waals surface area contributed by atoms with Crippen LogP contribution in [0.2, 0.25) is 0 Å². The van der Waals surface area contributed by atoms with E-state index in [2.05, 4.69) is 0 Å². The van der Waals surface area contributed by atoms with Crippen LogP contribution in [0.4, 0.5) is 8.78 Å². The van der Waals surface area contributed by atoms with E-state index in [-0.39, 0.29) is 12.5 Å². The highest BCUT2D eigenvalue weighted by atomic mass is 32.2. The molecule has 0 saturated carbocycles. The Morgan fingerprint density at radius 3 is 2.08 bits per heavy atom. The Morgan fingerprint density at radius 1 is 1.04 bits per heavy atom. The average Bonchev–Trinajstić information content (AvgIpc) is 2.60. The first-order chi connectivity index (χ1) is 11.7. The summed E-state index contributed by atoms with van der Waals surface area (Å²) in [6.07, 6.45) is 0. The maximum Gasteiger partial charge on any atom is 0.341 e. The third-order valence-corrected chi connectivity index (χ3v) is 4.80. The van der Waals surface area contributed by atoms with Crippen molar-refractivity contribution in [2.45, 2.75) is 17.3 Å². The number of rotatable bonds is 6. The smallest absolute Gasteiger partial charge is 0.341 e. The lowest BCUT2D eigenvalue weighted by Crippen LogP contribution is -2.21. The molecule has 0 N–H and O–H groups in total. The Bertz CT molecular complexity index is 832. The second-order valence-electron chi connectivity index (χ2n) is 5.46. The summed E-state index contributed by atoms with van der Waals surface area (Å²) in [5.41, 5.74) is 1.15. The number of ether oxygens (including phenoxy) is 1. The summed E-state index contributed by atoms with van der Waals surface area (Å²) in [5, 5.41) is 0. The second kappa shape index (κ2) is 7.60. The molecular formula is C17H17F2NO4S. The Morgan fingerprint density at radius 2 is 1.60 bits per heavy atom. The molecule has 8 heteroatoms. The Labute approximate surface area is 144 Å². The van der Waals surface area contributed by atoms with Crippen molar-refractivity contribution in [2.75, 3.05) is 14.1 Å². The molecule has 2 rings (SSSR count). The molecule has 2 aromatic carbocycles. The van der Waals surface area contributed by atoms with Gasteiger partial charge in [0.2, 0.25) is 9.84 Å². The number of amides is 1.